The number of benzene rings is 2. The van der Waals surface area contributed by atoms with Gasteiger partial charge in [0, 0.05) is 17.8 Å². The highest BCUT2D eigenvalue weighted by Gasteiger charge is 2.18. The van der Waals surface area contributed by atoms with Gasteiger partial charge in [0.15, 0.2) is 17.1 Å². The third kappa shape index (κ3) is 5.34. The van der Waals surface area contributed by atoms with Gasteiger partial charge in [0.05, 0.1) is 5.75 Å². The lowest BCUT2D eigenvalue weighted by atomic mass is 10.2. The Morgan fingerprint density at radius 3 is 2.67 bits per heavy atom. The molecule has 0 radical (unpaired) electrons. The molecule has 1 atom stereocenters. The van der Waals surface area contributed by atoms with Crippen molar-refractivity contribution in [1.82, 2.24) is 14.8 Å². The number of anilines is 1. The molecule has 0 saturated heterocycles. The first-order chi connectivity index (χ1) is 14.4. The summed E-state index contributed by atoms with van der Waals surface area (Å²) in [7, 11) is 1.87. The van der Waals surface area contributed by atoms with Crippen molar-refractivity contribution in [2.75, 3.05) is 11.1 Å². The number of aromatic nitrogens is 3. The summed E-state index contributed by atoms with van der Waals surface area (Å²) in [6.07, 6.45) is 0.719. The van der Waals surface area contributed by atoms with E-state index in [1.54, 1.807) is 6.07 Å². The van der Waals surface area contributed by atoms with Crippen molar-refractivity contribution in [3.8, 4) is 5.75 Å². The quantitative estimate of drug-likeness (QED) is 0.483. The summed E-state index contributed by atoms with van der Waals surface area (Å²) < 4.78 is 7.85. The van der Waals surface area contributed by atoms with Crippen LogP contribution in [0.4, 0.5) is 5.69 Å². The van der Waals surface area contributed by atoms with E-state index in [1.165, 1.54) is 17.3 Å². The van der Waals surface area contributed by atoms with Crippen LogP contribution in [0.3, 0.4) is 0 Å². The fourth-order valence-electron chi connectivity index (χ4n) is 2.93. The summed E-state index contributed by atoms with van der Waals surface area (Å²) in [6.45, 7) is 5.92. The Bertz CT molecular complexity index is 1020. The number of nitrogens with zero attached hydrogens (tertiary/aromatic N) is 3. The van der Waals surface area contributed by atoms with Gasteiger partial charge in [-0.05, 0) is 55.7 Å². The number of rotatable bonds is 8. The van der Waals surface area contributed by atoms with Crippen molar-refractivity contribution in [1.29, 1.82) is 0 Å². The molecule has 6 nitrogen and oxygen atoms in total. The van der Waals surface area contributed by atoms with E-state index >= 15 is 0 Å². The number of amides is 1. The molecule has 0 aliphatic carbocycles. The SMILES string of the molecule is CCc1ccc(O[C@H](C)c2nnc(SCC(=O)Nc3cccc(Cl)c3C)n2C)cc1. The molecule has 158 valence electrons. The second kappa shape index (κ2) is 10.00. The van der Waals surface area contributed by atoms with Crippen LogP contribution in [0, 0.1) is 6.92 Å². The lowest BCUT2D eigenvalue weighted by Crippen LogP contribution is -2.15. The van der Waals surface area contributed by atoms with E-state index < -0.39 is 0 Å². The largest absolute Gasteiger partial charge is 0.483 e. The smallest absolute Gasteiger partial charge is 0.234 e. The predicted molar refractivity (Wildman–Crippen MR) is 121 cm³/mol. The number of carbonyl (C=O) groups is 1. The van der Waals surface area contributed by atoms with Crippen LogP contribution in [-0.2, 0) is 18.3 Å². The van der Waals surface area contributed by atoms with Gasteiger partial charge in [0.1, 0.15) is 5.75 Å². The molecule has 0 saturated carbocycles. The number of hydrogen-bond acceptors (Lipinski definition) is 5. The molecule has 0 aliphatic heterocycles. The van der Waals surface area contributed by atoms with Gasteiger partial charge in [-0.3, -0.25) is 4.79 Å². The first-order valence-electron chi connectivity index (χ1n) is 9.71. The first kappa shape index (κ1) is 22.2. The topological polar surface area (TPSA) is 69.0 Å². The monoisotopic (exact) mass is 444 g/mol. The van der Waals surface area contributed by atoms with Crippen molar-refractivity contribution in [3.05, 3.63) is 64.4 Å². The van der Waals surface area contributed by atoms with Crippen LogP contribution in [0.25, 0.3) is 0 Å². The van der Waals surface area contributed by atoms with E-state index in [0.717, 1.165) is 17.7 Å². The summed E-state index contributed by atoms with van der Waals surface area (Å²) in [5.41, 5.74) is 2.82. The number of hydrogen-bond donors (Lipinski definition) is 1. The number of aryl methyl sites for hydroxylation is 1. The normalized spacial score (nSPS) is 11.9. The zero-order valence-electron chi connectivity index (χ0n) is 17.5. The molecule has 8 heteroatoms. The van der Waals surface area contributed by atoms with E-state index in [1.807, 2.05) is 49.7 Å². The van der Waals surface area contributed by atoms with E-state index in [0.29, 0.717) is 21.7 Å². The highest BCUT2D eigenvalue weighted by molar-refractivity contribution is 7.99. The van der Waals surface area contributed by atoms with Gasteiger partial charge in [0.25, 0.3) is 0 Å². The maximum absolute atomic E-state index is 12.3. The average Bonchev–Trinajstić information content (AvgIpc) is 3.11. The molecule has 3 rings (SSSR count). The molecule has 2 aromatic carbocycles. The summed E-state index contributed by atoms with van der Waals surface area (Å²) in [5, 5.41) is 12.6. The molecule has 1 N–H and O–H groups in total. The molecule has 30 heavy (non-hydrogen) atoms. The van der Waals surface area contributed by atoms with Crippen LogP contribution in [0.2, 0.25) is 5.02 Å². The Hall–Kier alpha value is -2.51. The van der Waals surface area contributed by atoms with E-state index in [-0.39, 0.29) is 17.8 Å². The number of ether oxygens (including phenoxy) is 1. The van der Waals surface area contributed by atoms with E-state index in [9.17, 15) is 4.79 Å². The van der Waals surface area contributed by atoms with Gasteiger partial charge in [0.2, 0.25) is 5.91 Å². The zero-order chi connectivity index (χ0) is 21.7. The Morgan fingerprint density at radius 1 is 1.23 bits per heavy atom. The molecule has 1 heterocycles. The molecule has 0 fully saturated rings. The average molecular weight is 445 g/mol. The van der Waals surface area contributed by atoms with Crippen LogP contribution < -0.4 is 10.1 Å². The molecule has 0 bridgehead atoms. The Kier molecular flexibility index (Phi) is 7.39. The first-order valence-corrected chi connectivity index (χ1v) is 11.1. The maximum Gasteiger partial charge on any atom is 0.234 e. The second-order valence-corrected chi connectivity index (χ2v) is 8.26. The van der Waals surface area contributed by atoms with Gasteiger partial charge >= 0.3 is 0 Å². The molecule has 0 aliphatic rings. The van der Waals surface area contributed by atoms with Gasteiger partial charge in [-0.2, -0.15) is 0 Å². The molecule has 1 aromatic heterocycles. The Morgan fingerprint density at radius 2 is 1.97 bits per heavy atom. The molecular formula is C22H25ClN4O2S. The summed E-state index contributed by atoms with van der Waals surface area (Å²) in [4.78, 5) is 12.3. The third-order valence-electron chi connectivity index (χ3n) is 4.75. The maximum atomic E-state index is 12.3. The van der Waals surface area contributed by atoms with Gasteiger partial charge < -0.3 is 14.6 Å². The van der Waals surface area contributed by atoms with E-state index in [2.05, 4.69) is 34.6 Å². The highest BCUT2D eigenvalue weighted by atomic mass is 35.5. The highest BCUT2D eigenvalue weighted by Crippen LogP contribution is 2.25. The third-order valence-corrected chi connectivity index (χ3v) is 6.18. The lowest BCUT2D eigenvalue weighted by Gasteiger charge is -2.14. The molecule has 0 unspecified atom stereocenters. The second-order valence-electron chi connectivity index (χ2n) is 6.91. The van der Waals surface area contributed by atoms with Crippen molar-refractivity contribution >= 4 is 35.0 Å². The van der Waals surface area contributed by atoms with Gasteiger partial charge in [-0.25, -0.2) is 0 Å². The predicted octanol–water partition coefficient (Wildman–Crippen LogP) is 5.21. The summed E-state index contributed by atoms with van der Waals surface area (Å²) >= 11 is 7.43. The van der Waals surface area contributed by atoms with Gasteiger partial charge in [-0.1, -0.05) is 48.5 Å². The molecule has 1 amide bonds. The van der Waals surface area contributed by atoms with Crippen molar-refractivity contribution in [2.24, 2.45) is 7.05 Å². The van der Waals surface area contributed by atoms with Crippen LogP contribution in [0.15, 0.2) is 47.6 Å². The zero-order valence-corrected chi connectivity index (χ0v) is 19.0. The Labute approximate surface area is 186 Å². The summed E-state index contributed by atoms with van der Waals surface area (Å²) in [6, 6.07) is 13.5. The fraction of sp³-hybridized carbons (Fsp3) is 0.318. The number of carbonyl (C=O) groups excluding carboxylic acids is 1. The van der Waals surface area contributed by atoms with Crippen LogP contribution >= 0.6 is 23.4 Å². The van der Waals surface area contributed by atoms with Crippen LogP contribution in [0.1, 0.15) is 36.9 Å². The minimum Gasteiger partial charge on any atom is -0.483 e. The van der Waals surface area contributed by atoms with Crippen molar-refractivity contribution < 1.29 is 9.53 Å². The minimum absolute atomic E-state index is 0.129. The number of thioether (sulfide) groups is 1. The number of halogens is 1. The minimum atomic E-state index is -0.271. The number of nitrogens with one attached hydrogen (secondary N) is 1. The van der Waals surface area contributed by atoms with Crippen LogP contribution in [-0.4, -0.2) is 26.4 Å². The van der Waals surface area contributed by atoms with Crippen molar-refractivity contribution in [2.45, 2.75) is 38.5 Å². The lowest BCUT2D eigenvalue weighted by molar-refractivity contribution is -0.113. The van der Waals surface area contributed by atoms with Crippen molar-refractivity contribution in [3.63, 3.8) is 0 Å². The Balaban J connectivity index is 1.59. The van der Waals surface area contributed by atoms with E-state index in [4.69, 9.17) is 16.3 Å². The summed E-state index contributed by atoms with van der Waals surface area (Å²) in [5.74, 6) is 1.57. The standard InChI is InChI=1S/C22H25ClN4O2S/c1-5-16-9-11-17(12-10-16)29-15(3)21-25-26-22(27(21)4)30-13-20(28)24-19-8-6-7-18(23)14(19)2/h6-12,15H,5,13H2,1-4H3,(H,24,28)/t15-/m1/s1. The molecule has 3 aromatic rings. The van der Waals surface area contributed by atoms with Gasteiger partial charge in [-0.15, -0.1) is 10.2 Å². The molecular weight excluding hydrogens is 420 g/mol. The molecule has 0 spiro atoms. The van der Waals surface area contributed by atoms with Crippen LogP contribution in [0.5, 0.6) is 5.75 Å². The fourth-order valence-corrected chi connectivity index (χ4v) is 3.82.